The second-order valence-electron chi connectivity index (χ2n) is 7.81. The van der Waals surface area contributed by atoms with E-state index in [1.807, 2.05) is 18.2 Å². The van der Waals surface area contributed by atoms with E-state index in [0.29, 0.717) is 13.2 Å². The molecule has 0 amide bonds. The molecule has 4 nitrogen and oxygen atoms in total. The molecule has 1 aromatic rings. The molecule has 0 aromatic heterocycles. The van der Waals surface area contributed by atoms with Gasteiger partial charge in [-0.05, 0) is 42.8 Å². The number of aliphatic hydroxyl groups excluding tert-OH is 1. The highest BCUT2D eigenvalue weighted by Gasteiger charge is 2.53. The predicted octanol–water partition coefficient (Wildman–Crippen LogP) is 4.21. The standard InChI is InChI=1S/C21H30O4S2/c22-13-18-8-4-9-20(24-18)16-21(26-10-5-11-27-21)12-19(25-20)15-23-14-17-6-2-1-3-7-17/h1-3,6-7,18-19,22H,4-5,8-16H2/t18-,19+,20+/m1/s1. The Labute approximate surface area is 170 Å². The minimum absolute atomic E-state index is 0.0398. The van der Waals surface area contributed by atoms with Gasteiger partial charge in [-0.1, -0.05) is 30.3 Å². The van der Waals surface area contributed by atoms with Gasteiger partial charge >= 0.3 is 0 Å². The first-order valence-corrected chi connectivity index (χ1v) is 12.0. The van der Waals surface area contributed by atoms with E-state index in [2.05, 4.69) is 35.7 Å². The van der Waals surface area contributed by atoms with Gasteiger partial charge in [0.1, 0.15) is 0 Å². The maximum Gasteiger partial charge on any atom is 0.171 e. The molecular formula is C21H30O4S2. The average molecular weight is 411 g/mol. The van der Waals surface area contributed by atoms with Crippen LogP contribution < -0.4 is 0 Å². The lowest BCUT2D eigenvalue weighted by Gasteiger charge is -2.53. The Morgan fingerprint density at radius 3 is 2.63 bits per heavy atom. The van der Waals surface area contributed by atoms with Gasteiger partial charge in [-0.3, -0.25) is 0 Å². The summed E-state index contributed by atoms with van der Waals surface area (Å²) in [6.07, 6.45) is 6.03. The number of ether oxygens (including phenoxy) is 3. The molecule has 3 fully saturated rings. The van der Waals surface area contributed by atoms with E-state index in [0.717, 1.165) is 32.1 Å². The van der Waals surface area contributed by atoms with E-state index in [9.17, 15) is 5.11 Å². The van der Waals surface area contributed by atoms with Gasteiger partial charge in [0.2, 0.25) is 0 Å². The predicted molar refractivity (Wildman–Crippen MR) is 111 cm³/mol. The third kappa shape index (κ3) is 5.03. The molecule has 2 spiro atoms. The third-order valence-electron chi connectivity index (χ3n) is 5.56. The number of aliphatic hydroxyl groups is 1. The van der Waals surface area contributed by atoms with Crippen LogP contribution >= 0.6 is 23.5 Å². The second-order valence-corrected chi connectivity index (χ2v) is 11.0. The summed E-state index contributed by atoms with van der Waals surface area (Å²) in [5, 5.41) is 9.62. The van der Waals surface area contributed by atoms with Crippen LogP contribution in [-0.4, -0.2) is 51.9 Å². The van der Waals surface area contributed by atoms with Crippen molar-refractivity contribution in [3.63, 3.8) is 0 Å². The molecule has 0 bridgehead atoms. The van der Waals surface area contributed by atoms with E-state index in [1.54, 1.807) is 0 Å². The van der Waals surface area contributed by atoms with Gasteiger partial charge in [-0.15, -0.1) is 23.5 Å². The zero-order valence-corrected chi connectivity index (χ0v) is 17.4. The summed E-state index contributed by atoms with van der Waals surface area (Å²) in [4.78, 5) is 0. The number of thioether (sulfide) groups is 2. The lowest BCUT2D eigenvalue weighted by Crippen LogP contribution is -2.56. The Morgan fingerprint density at radius 2 is 1.85 bits per heavy atom. The number of hydrogen-bond donors (Lipinski definition) is 1. The highest BCUT2D eigenvalue weighted by atomic mass is 32.2. The Morgan fingerprint density at radius 1 is 1.07 bits per heavy atom. The van der Waals surface area contributed by atoms with Gasteiger partial charge < -0.3 is 19.3 Å². The van der Waals surface area contributed by atoms with Crippen molar-refractivity contribution in [2.24, 2.45) is 0 Å². The second kappa shape index (κ2) is 9.06. The van der Waals surface area contributed by atoms with Gasteiger partial charge in [0, 0.05) is 12.8 Å². The van der Waals surface area contributed by atoms with Crippen LogP contribution in [0.3, 0.4) is 0 Å². The summed E-state index contributed by atoms with van der Waals surface area (Å²) < 4.78 is 19.1. The fourth-order valence-electron chi connectivity index (χ4n) is 4.39. The van der Waals surface area contributed by atoms with Crippen molar-refractivity contribution in [3.8, 4) is 0 Å². The van der Waals surface area contributed by atoms with E-state index in [4.69, 9.17) is 14.2 Å². The first-order valence-electron chi connectivity index (χ1n) is 10.1. The highest BCUT2D eigenvalue weighted by Crippen LogP contribution is 2.56. The van der Waals surface area contributed by atoms with Crippen LogP contribution in [0.4, 0.5) is 0 Å². The van der Waals surface area contributed by atoms with Crippen LogP contribution in [0, 0.1) is 0 Å². The molecule has 3 atom stereocenters. The molecule has 3 aliphatic rings. The molecule has 1 aromatic carbocycles. The molecule has 27 heavy (non-hydrogen) atoms. The third-order valence-corrected chi connectivity index (χ3v) is 8.93. The quantitative estimate of drug-likeness (QED) is 0.785. The van der Waals surface area contributed by atoms with Crippen LogP contribution in [-0.2, 0) is 20.8 Å². The summed E-state index contributed by atoms with van der Waals surface area (Å²) in [6.45, 7) is 1.28. The summed E-state index contributed by atoms with van der Waals surface area (Å²) in [5.41, 5.74) is 1.19. The summed E-state index contributed by atoms with van der Waals surface area (Å²) in [6, 6.07) is 10.3. The van der Waals surface area contributed by atoms with Crippen LogP contribution in [0.1, 0.15) is 44.1 Å². The van der Waals surface area contributed by atoms with Crippen molar-refractivity contribution >= 4 is 23.5 Å². The molecule has 150 valence electrons. The molecule has 3 saturated heterocycles. The van der Waals surface area contributed by atoms with Gasteiger partial charge in [0.25, 0.3) is 0 Å². The summed E-state index contributed by atoms with van der Waals surface area (Å²) in [7, 11) is 0. The lowest BCUT2D eigenvalue weighted by atomic mass is 9.92. The molecular weight excluding hydrogens is 380 g/mol. The minimum atomic E-state index is -0.554. The van der Waals surface area contributed by atoms with Gasteiger partial charge in [-0.2, -0.15) is 0 Å². The molecule has 0 radical (unpaired) electrons. The fraction of sp³-hybridized carbons (Fsp3) is 0.714. The first-order chi connectivity index (χ1) is 13.2. The Bertz CT molecular complexity index is 593. The van der Waals surface area contributed by atoms with Crippen molar-refractivity contribution in [1.29, 1.82) is 0 Å². The highest BCUT2D eigenvalue weighted by molar-refractivity contribution is 8.18. The van der Waals surface area contributed by atoms with E-state index >= 15 is 0 Å². The van der Waals surface area contributed by atoms with Crippen LogP contribution in [0.15, 0.2) is 30.3 Å². The Balaban J connectivity index is 1.43. The minimum Gasteiger partial charge on any atom is -0.394 e. The molecule has 6 heteroatoms. The van der Waals surface area contributed by atoms with E-state index < -0.39 is 5.79 Å². The largest absolute Gasteiger partial charge is 0.394 e. The zero-order valence-electron chi connectivity index (χ0n) is 15.8. The Hall–Kier alpha value is -0.240. The maximum atomic E-state index is 9.62. The average Bonchev–Trinajstić information content (AvgIpc) is 2.69. The summed E-state index contributed by atoms with van der Waals surface area (Å²) in [5.74, 6) is 1.87. The monoisotopic (exact) mass is 410 g/mol. The molecule has 4 rings (SSSR count). The van der Waals surface area contributed by atoms with Gasteiger partial charge in [0.05, 0.1) is 36.1 Å². The summed E-state index contributed by atoms with van der Waals surface area (Å²) >= 11 is 4.16. The van der Waals surface area contributed by atoms with Crippen LogP contribution in [0.5, 0.6) is 0 Å². The van der Waals surface area contributed by atoms with Crippen molar-refractivity contribution < 1.29 is 19.3 Å². The zero-order chi connectivity index (χ0) is 18.6. The van der Waals surface area contributed by atoms with E-state index in [-0.39, 0.29) is 22.9 Å². The molecule has 3 aliphatic heterocycles. The van der Waals surface area contributed by atoms with Crippen molar-refractivity contribution in [2.45, 2.75) is 67.2 Å². The van der Waals surface area contributed by atoms with E-state index in [1.165, 1.54) is 23.5 Å². The maximum absolute atomic E-state index is 9.62. The number of benzene rings is 1. The lowest BCUT2D eigenvalue weighted by molar-refractivity contribution is -0.322. The van der Waals surface area contributed by atoms with Gasteiger partial charge in [0.15, 0.2) is 5.79 Å². The van der Waals surface area contributed by atoms with Crippen molar-refractivity contribution in [2.75, 3.05) is 24.7 Å². The smallest absolute Gasteiger partial charge is 0.171 e. The molecule has 3 heterocycles. The SMILES string of the molecule is OC[C@H]1CCC[C@]2(CC3(C[C@@H](COCc4ccccc4)O2)SCCCS3)O1. The van der Waals surface area contributed by atoms with Crippen molar-refractivity contribution in [3.05, 3.63) is 35.9 Å². The number of rotatable bonds is 5. The van der Waals surface area contributed by atoms with Gasteiger partial charge in [-0.25, -0.2) is 0 Å². The molecule has 0 saturated carbocycles. The molecule has 0 aliphatic carbocycles. The normalized spacial score (nSPS) is 33.4. The Kier molecular flexibility index (Phi) is 6.72. The first kappa shape index (κ1) is 20.0. The fourth-order valence-corrected chi connectivity index (χ4v) is 7.98. The van der Waals surface area contributed by atoms with Crippen molar-refractivity contribution in [1.82, 2.24) is 0 Å². The molecule has 1 N–H and O–H groups in total. The topological polar surface area (TPSA) is 47.9 Å². The number of hydrogen-bond acceptors (Lipinski definition) is 6. The molecule has 0 unspecified atom stereocenters. The van der Waals surface area contributed by atoms with Crippen LogP contribution in [0.2, 0.25) is 0 Å². The van der Waals surface area contributed by atoms with Crippen LogP contribution in [0.25, 0.3) is 0 Å².